The van der Waals surface area contributed by atoms with E-state index in [9.17, 15) is 9.59 Å². The van der Waals surface area contributed by atoms with Gasteiger partial charge in [0.2, 0.25) is 0 Å². The number of hydrogen-bond acceptors (Lipinski definition) is 5. The van der Waals surface area contributed by atoms with Crippen LogP contribution in [0.3, 0.4) is 0 Å². The van der Waals surface area contributed by atoms with Gasteiger partial charge in [-0.3, -0.25) is 0 Å². The Labute approximate surface area is 112 Å². The molecule has 0 bridgehead atoms. The smallest absolute Gasteiger partial charge is 0.407 e. The number of carbonyl (C=O) groups is 2. The molecule has 6 heteroatoms. The molecule has 1 aromatic rings. The van der Waals surface area contributed by atoms with E-state index in [2.05, 4.69) is 14.8 Å². The van der Waals surface area contributed by atoms with E-state index >= 15 is 0 Å². The Kier molecular flexibility index (Phi) is 4.58. The third-order valence-electron chi connectivity index (χ3n) is 2.53. The Morgan fingerprint density at radius 3 is 2.26 bits per heavy atom. The van der Waals surface area contributed by atoms with E-state index in [1.165, 1.54) is 14.2 Å². The summed E-state index contributed by atoms with van der Waals surface area (Å²) in [6, 6.07) is 2.39. The number of ether oxygens (including phenoxy) is 2. The third-order valence-corrected chi connectivity index (χ3v) is 2.53. The molecule has 0 fully saturated rings. The average molecular weight is 269 g/mol. The lowest BCUT2D eigenvalue weighted by Crippen LogP contribution is -2.34. The van der Waals surface area contributed by atoms with Crippen LogP contribution in [0.5, 0.6) is 0 Å². The summed E-state index contributed by atoms with van der Waals surface area (Å²) in [4.78, 5) is 22.9. The van der Waals surface area contributed by atoms with Gasteiger partial charge < -0.3 is 19.2 Å². The van der Waals surface area contributed by atoms with Crippen LogP contribution < -0.4 is 5.32 Å². The van der Waals surface area contributed by atoms with Crippen molar-refractivity contribution in [3.63, 3.8) is 0 Å². The Morgan fingerprint density at radius 2 is 1.84 bits per heavy atom. The molecule has 1 heterocycles. The van der Waals surface area contributed by atoms with E-state index < -0.39 is 18.1 Å². The van der Waals surface area contributed by atoms with Gasteiger partial charge in [-0.05, 0) is 12.1 Å². The number of nitrogens with one attached hydrogen (secondary N) is 1. The maximum atomic E-state index is 11.7. The number of furan rings is 1. The highest BCUT2D eigenvalue weighted by Crippen LogP contribution is 2.27. The molecule has 1 rings (SSSR count). The molecule has 1 N–H and O–H groups in total. The van der Waals surface area contributed by atoms with Crippen molar-refractivity contribution in [2.45, 2.75) is 32.2 Å². The lowest BCUT2D eigenvalue weighted by molar-refractivity contribution is -0.143. The fourth-order valence-electron chi connectivity index (χ4n) is 1.45. The summed E-state index contributed by atoms with van der Waals surface area (Å²) in [6.07, 6.45) is -0.732. The molecule has 0 aliphatic rings. The lowest BCUT2D eigenvalue weighted by Gasteiger charge is -2.16. The second-order valence-electron chi connectivity index (χ2n) is 5.04. The van der Waals surface area contributed by atoms with Crippen molar-refractivity contribution in [3.05, 3.63) is 23.7 Å². The van der Waals surface area contributed by atoms with Crippen LogP contribution in [0, 0.1) is 0 Å². The zero-order chi connectivity index (χ0) is 14.6. The van der Waals surface area contributed by atoms with Crippen molar-refractivity contribution < 1.29 is 23.5 Å². The molecule has 0 saturated heterocycles. The Hall–Kier alpha value is -1.98. The molecule has 0 saturated carbocycles. The summed E-state index contributed by atoms with van der Waals surface area (Å²) in [7, 11) is 2.45. The minimum atomic E-state index is -1.02. The van der Waals surface area contributed by atoms with Crippen LogP contribution in [-0.4, -0.2) is 26.3 Å². The standard InChI is InChI=1S/C13H19NO5/c1-13(2,3)9-7-6-8(19-9)10(11(15)17-4)14-12(16)18-5/h6-7,10H,1-5H3,(H,14,16)/t10-/m0/s1. The van der Waals surface area contributed by atoms with Gasteiger partial charge in [0, 0.05) is 5.41 Å². The normalized spacial score (nSPS) is 12.7. The van der Waals surface area contributed by atoms with Crippen molar-refractivity contribution in [3.8, 4) is 0 Å². The third kappa shape index (κ3) is 3.74. The van der Waals surface area contributed by atoms with Crippen molar-refractivity contribution in [1.82, 2.24) is 5.32 Å². The largest absolute Gasteiger partial charge is 0.467 e. The van der Waals surface area contributed by atoms with Gasteiger partial charge in [0.05, 0.1) is 14.2 Å². The molecule has 0 radical (unpaired) electrons. The average Bonchev–Trinajstić information content (AvgIpc) is 2.83. The quantitative estimate of drug-likeness (QED) is 0.851. The first-order valence-electron chi connectivity index (χ1n) is 5.82. The van der Waals surface area contributed by atoms with Crippen LogP contribution >= 0.6 is 0 Å². The molecule has 1 aromatic heterocycles. The summed E-state index contributed by atoms with van der Waals surface area (Å²) < 4.78 is 14.7. The maximum absolute atomic E-state index is 11.7. The predicted molar refractivity (Wildman–Crippen MR) is 67.7 cm³/mol. The van der Waals surface area contributed by atoms with E-state index in [4.69, 9.17) is 4.42 Å². The molecule has 1 amide bonds. The van der Waals surface area contributed by atoms with Crippen LogP contribution in [0.15, 0.2) is 16.5 Å². The molecule has 19 heavy (non-hydrogen) atoms. The van der Waals surface area contributed by atoms with E-state index in [0.717, 1.165) is 0 Å². The summed E-state index contributed by atoms with van der Waals surface area (Å²) in [6.45, 7) is 5.95. The number of rotatable bonds is 3. The molecule has 0 spiro atoms. The highest BCUT2D eigenvalue weighted by Gasteiger charge is 2.29. The molecular formula is C13H19NO5. The highest BCUT2D eigenvalue weighted by molar-refractivity contribution is 5.81. The van der Waals surface area contributed by atoms with Crippen LogP contribution in [0.25, 0.3) is 0 Å². The number of alkyl carbamates (subject to hydrolysis) is 1. The van der Waals surface area contributed by atoms with Crippen LogP contribution in [0.4, 0.5) is 4.79 Å². The zero-order valence-corrected chi connectivity index (χ0v) is 11.8. The first-order valence-corrected chi connectivity index (χ1v) is 5.82. The molecule has 106 valence electrons. The van der Waals surface area contributed by atoms with Gasteiger partial charge in [0.25, 0.3) is 0 Å². The van der Waals surface area contributed by atoms with Crippen molar-refractivity contribution in [1.29, 1.82) is 0 Å². The molecular weight excluding hydrogens is 250 g/mol. The molecule has 6 nitrogen and oxygen atoms in total. The monoisotopic (exact) mass is 269 g/mol. The van der Waals surface area contributed by atoms with E-state index in [1.54, 1.807) is 12.1 Å². The summed E-state index contributed by atoms with van der Waals surface area (Å²) >= 11 is 0. The van der Waals surface area contributed by atoms with Crippen molar-refractivity contribution >= 4 is 12.1 Å². The topological polar surface area (TPSA) is 77.8 Å². The Balaban J connectivity index is 3.01. The van der Waals surface area contributed by atoms with E-state index in [-0.39, 0.29) is 5.41 Å². The highest BCUT2D eigenvalue weighted by atomic mass is 16.5. The van der Waals surface area contributed by atoms with Gasteiger partial charge in [-0.1, -0.05) is 20.8 Å². The second-order valence-corrected chi connectivity index (χ2v) is 5.04. The lowest BCUT2D eigenvalue weighted by atomic mass is 9.94. The molecule has 0 aliphatic heterocycles. The molecule has 0 aromatic carbocycles. The minimum Gasteiger partial charge on any atom is -0.467 e. The van der Waals surface area contributed by atoms with Gasteiger partial charge in [-0.15, -0.1) is 0 Å². The second kappa shape index (κ2) is 5.77. The fraction of sp³-hybridized carbons (Fsp3) is 0.538. The van der Waals surface area contributed by atoms with Gasteiger partial charge >= 0.3 is 12.1 Å². The number of esters is 1. The van der Waals surface area contributed by atoms with Gasteiger partial charge in [-0.25, -0.2) is 9.59 Å². The first-order chi connectivity index (χ1) is 8.79. The maximum Gasteiger partial charge on any atom is 0.407 e. The number of amides is 1. The van der Waals surface area contributed by atoms with E-state index in [1.807, 2.05) is 20.8 Å². The number of hydrogen-bond donors (Lipinski definition) is 1. The van der Waals surface area contributed by atoms with Crippen molar-refractivity contribution in [2.75, 3.05) is 14.2 Å². The van der Waals surface area contributed by atoms with Crippen LogP contribution in [-0.2, 0) is 19.7 Å². The number of carbonyl (C=O) groups excluding carboxylic acids is 2. The summed E-state index contributed by atoms with van der Waals surface area (Å²) in [5, 5.41) is 2.37. The Morgan fingerprint density at radius 1 is 1.21 bits per heavy atom. The SMILES string of the molecule is COC(=O)N[C@H](C(=O)OC)c1ccc(C(C)(C)C)o1. The minimum absolute atomic E-state index is 0.190. The van der Waals surface area contributed by atoms with E-state index in [0.29, 0.717) is 11.5 Å². The molecule has 0 unspecified atom stereocenters. The van der Waals surface area contributed by atoms with Crippen molar-refractivity contribution in [2.24, 2.45) is 0 Å². The molecule has 1 atom stereocenters. The Bertz CT molecular complexity index is 458. The predicted octanol–water partition coefficient (Wildman–Crippen LogP) is 2.15. The van der Waals surface area contributed by atoms with Gasteiger partial charge in [0.15, 0.2) is 6.04 Å². The summed E-state index contributed by atoms with van der Waals surface area (Å²) in [5.74, 6) is 0.394. The first kappa shape index (κ1) is 15.1. The van der Waals surface area contributed by atoms with Crippen LogP contribution in [0.1, 0.15) is 38.3 Å². The van der Waals surface area contributed by atoms with Gasteiger partial charge in [0.1, 0.15) is 11.5 Å². The fourth-order valence-corrected chi connectivity index (χ4v) is 1.45. The number of methoxy groups -OCH3 is 2. The van der Waals surface area contributed by atoms with Gasteiger partial charge in [-0.2, -0.15) is 0 Å². The van der Waals surface area contributed by atoms with Crippen LogP contribution in [0.2, 0.25) is 0 Å². The zero-order valence-electron chi connectivity index (χ0n) is 11.8. The molecule has 0 aliphatic carbocycles. The summed E-state index contributed by atoms with van der Waals surface area (Å²) in [5.41, 5.74) is -0.190.